The maximum absolute atomic E-state index is 15.6. The number of hydrogen-bond donors (Lipinski definition) is 2. The largest absolute Gasteiger partial charge is 0.492 e. The smallest absolute Gasteiger partial charge is 0.324 e. The Labute approximate surface area is 452 Å². The molecule has 1 saturated carbocycles. The highest BCUT2D eigenvalue weighted by molar-refractivity contribution is 7.10. The summed E-state index contributed by atoms with van der Waals surface area (Å²) in [4.78, 5) is 65.4. The van der Waals surface area contributed by atoms with Crippen LogP contribution in [0.4, 0.5) is 5.69 Å². The number of hydrogen-bond acceptors (Lipinski definition) is 14. The van der Waals surface area contributed by atoms with Crippen LogP contribution in [0.15, 0.2) is 60.1 Å². The van der Waals surface area contributed by atoms with Crippen LogP contribution in [0.2, 0.25) is 0 Å². The van der Waals surface area contributed by atoms with Gasteiger partial charge in [-0.25, -0.2) is 10.4 Å². The van der Waals surface area contributed by atoms with Gasteiger partial charge < -0.3 is 29.0 Å². The summed E-state index contributed by atoms with van der Waals surface area (Å²) in [6.07, 6.45) is 7.88. The van der Waals surface area contributed by atoms with Gasteiger partial charge in [0, 0.05) is 103 Å². The number of likely N-dealkylation sites (N-methyl/N-ethyl adjacent to an activating group) is 1. The average molecular weight is 1060 g/mol. The standard InChI is InChI=1S/C59H78N10O6S/c1-9-67-48-21-18-38-28-43(48)45(53(67)44-29-42(31-60-50(44)37(4)73-8)66-26-24-65(25-27-66)40-19-20-40)30-59(5,6)35-75-58(72)46-16-13-23-69(63-46)57(71)51-54(56-61-47(38)34-76-56)64(7)32-39-14-10-11-17-49(39)74-33-41-15-12-22-68(41)52(36(2)3)55(70)62-51/h10-11,14,17-18,21,28-29,31,34,36-37,40-41,46,51-52,54,63H,9,12-13,15-16,19-20,22-27,30,32-33,35H2,1-8H3,(H,62,70)/t37-,41+,46-,51-,52-,54-/m0/s1. The number of ether oxygens (including phenoxy) is 3. The molecule has 6 bridgehead atoms. The molecule has 0 spiro atoms. The quantitative estimate of drug-likeness (QED) is 0.152. The number of aromatic nitrogens is 3. The lowest BCUT2D eigenvalue weighted by Gasteiger charge is -2.40. The van der Waals surface area contributed by atoms with Crippen molar-refractivity contribution in [2.75, 3.05) is 71.5 Å². The van der Waals surface area contributed by atoms with E-state index in [0.717, 1.165) is 113 Å². The number of anilines is 1. The zero-order chi connectivity index (χ0) is 53.0. The summed E-state index contributed by atoms with van der Waals surface area (Å²) in [7, 11) is 3.74. The minimum absolute atomic E-state index is 0.0299. The second-order valence-corrected chi connectivity index (χ2v) is 24.3. The monoisotopic (exact) mass is 1050 g/mol. The number of para-hydroxylation sites is 1. The fourth-order valence-electron chi connectivity index (χ4n) is 12.8. The molecule has 3 aromatic heterocycles. The number of nitrogens with one attached hydrogen (secondary N) is 2. The number of carbonyl (C=O) groups excluding carboxylic acids is 3. The van der Waals surface area contributed by atoms with Gasteiger partial charge in [0.05, 0.1) is 53.8 Å². The summed E-state index contributed by atoms with van der Waals surface area (Å²) in [6, 6.07) is 14.8. The Morgan fingerprint density at radius 3 is 2.47 bits per heavy atom. The molecule has 76 heavy (non-hydrogen) atoms. The van der Waals surface area contributed by atoms with Crippen LogP contribution in [0, 0.1) is 11.3 Å². The summed E-state index contributed by atoms with van der Waals surface area (Å²) < 4.78 is 21.5. The van der Waals surface area contributed by atoms with Gasteiger partial charge in [-0.05, 0) is 108 Å². The van der Waals surface area contributed by atoms with Crippen molar-refractivity contribution >= 4 is 45.7 Å². The molecule has 4 fully saturated rings. The van der Waals surface area contributed by atoms with Crippen LogP contribution in [-0.2, 0) is 43.4 Å². The number of piperazine rings is 1. The molecule has 2 N–H and O–H groups in total. The van der Waals surface area contributed by atoms with Crippen molar-refractivity contribution in [1.29, 1.82) is 0 Å². The lowest BCUT2D eigenvalue weighted by atomic mass is 9.84. The molecule has 5 aliphatic heterocycles. The van der Waals surface area contributed by atoms with E-state index >= 15 is 9.59 Å². The number of fused-ring (bicyclic) bond motifs is 10. The van der Waals surface area contributed by atoms with Crippen LogP contribution in [0.3, 0.4) is 0 Å². The Hall–Kier alpha value is -5.43. The van der Waals surface area contributed by atoms with Crippen LogP contribution in [0.25, 0.3) is 33.4 Å². The Balaban J connectivity index is 1.07. The number of rotatable bonds is 7. The summed E-state index contributed by atoms with van der Waals surface area (Å²) >= 11 is 1.50. The van der Waals surface area contributed by atoms with E-state index in [1.54, 1.807) is 12.1 Å². The minimum Gasteiger partial charge on any atom is -0.492 e. The van der Waals surface area contributed by atoms with Gasteiger partial charge in [0.2, 0.25) is 5.91 Å². The molecule has 2 aromatic carbocycles. The van der Waals surface area contributed by atoms with Crippen molar-refractivity contribution in [3.63, 3.8) is 0 Å². The minimum atomic E-state index is -1.09. The summed E-state index contributed by atoms with van der Waals surface area (Å²) in [5, 5.41) is 8.80. The van der Waals surface area contributed by atoms with Gasteiger partial charge in [0.15, 0.2) is 0 Å². The first-order valence-electron chi connectivity index (χ1n) is 28.0. The average Bonchev–Trinajstić information content (AvgIpc) is 3.91. The van der Waals surface area contributed by atoms with Gasteiger partial charge >= 0.3 is 5.97 Å². The van der Waals surface area contributed by atoms with Gasteiger partial charge in [-0.1, -0.05) is 52.0 Å². The number of hydrazine groups is 1. The molecule has 0 radical (unpaired) electrons. The van der Waals surface area contributed by atoms with E-state index in [1.165, 1.54) is 24.2 Å². The van der Waals surface area contributed by atoms with E-state index in [9.17, 15) is 4.79 Å². The molecule has 2 amide bonds. The number of benzene rings is 2. The van der Waals surface area contributed by atoms with Crippen LogP contribution in [0.5, 0.6) is 5.75 Å². The Morgan fingerprint density at radius 2 is 1.71 bits per heavy atom. The van der Waals surface area contributed by atoms with Crippen LogP contribution in [-0.4, -0.2) is 149 Å². The number of pyridine rings is 1. The lowest BCUT2D eigenvalue weighted by molar-refractivity contribution is -0.156. The maximum Gasteiger partial charge on any atom is 0.324 e. The second kappa shape index (κ2) is 21.8. The molecule has 0 unspecified atom stereocenters. The molecule has 11 rings (SSSR count). The molecule has 6 atom stereocenters. The number of cyclic esters (lactones) is 1. The molecule has 1 aliphatic carbocycles. The van der Waals surface area contributed by atoms with Gasteiger partial charge in [-0.3, -0.25) is 39.1 Å². The van der Waals surface area contributed by atoms with Crippen molar-refractivity contribution in [2.45, 2.75) is 142 Å². The fraction of sp³-hybridized carbons (Fsp3) is 0.576. The van der Waals surface area contributed by atoms with Crippen molar-refractivity contribution in [1.82, 2.24) is 45.0 Å². The highest BCUT2D eigenvalue weighted by atomic mass is 32.1. The zero-order valence-corrected chi connectivity index (χ0v) is 46.7. The number of carbonyl (C=O) groups is 3. The third kappa shape index (κ3) is 10.4. The predicted octanol–water partition coefficient (Wildman–Crippen LogP) is 8.00. The lowest BCUT2D eigenvalue weighted by Crippen LogP contribution is -2.64. The topological polar surface area (TPSA) is 150 Å². The van der Waals surface area contributed by atoms with Gasteiger partial charge in [-0.2, -0.15) is 0 Å². The fourth-order valence-corrected chi connectivity index (χ4v) is 13.9. The molecular weight excluding hydrogens is 977 g/mol. The summed E-state index contributed by atoms with van der Waals surface area (Å²) in [5.41, 5.74) is 11.8. The number of amides is 2. The van der Waals surface area contributed by atoms with E-state index in [-0.39, 0.29) is 36.5 Å². The van der Waals surface area contributed by atoms with Crippen molar-refractivity contribution in [3.8, 4) is 28.3 Å². The molecule has 3 saturated heterocycles. The van der Waals surface area contributed by atoms with Crippen LogP contribution >= 0.6 is 11.3 Å². The Morgan fingerprint density at radius 1 is 0.921 bits per heavy atom. The SMILES string of the molecule is CCn1c(-c2cc(N3CCN(C4CC4)CC3)cnc2[C@H](C)OC)c2c3cc(ccc31)-c1csc(n1)[C@@H]1[C@H](NC(=O)[C@H](C(C)C)N3CCC[C@@H]3COc3ccccc3CN1C)C(=O)N1CCC[C@H](N1)C(=O)OCC(C)(C)C2. The first-order chi connectivity index (χ1) is 36.7. The van der Waals surface area contributed by atoms with Gasteiger partial charge in [0.25, 0.3) is 5.91 Å². The van der Waals surface area contributed by atoms with E-state index in [2.05, 4.69) is 112 Å². The molecule has 17 heteroatoms. The van der Waals surface area contributed by atoms with E-state index in [4.69, 9.17) is 24.2 Å². The van der Waals surface area contributed by atoms with E-state index in [0.29, 0.717) is 50.5 Å². The number of nitrogens with zero attached hydrogens (tertiary/aromatic N) is 8. The number of methoxy groups -OCH3 is 1. The first-order valence-corrected chi connectivity index (χ1v) is 28.9. The molecular formula is C59H78N10O6S. The molecule has 406 valence electrons. The maximum atomic E-state index is 15.6. The highest BCUT2D eigenvalue weighted by Crippen LogP contribution is 2.44. The van der Waals surface area contributed by atoms with Crippen LogP contribution in [0.1, 0.15) is 114 Å². The van der Waals surface area contributed by atoms with Gasteiger partial charge in [-0.15, -0.1) is 11.3 Å². The van der Waals surface area contributed by atoms with Crippen molar-refractivity contribution < 1.29 is 28.6 Å². The summed E-state index contributed by atoms with van der Waals surface area (Å²) in [6.45, 7) is 19.6. The van der Waals surface area contributed by atoms with E-state index < -0.39 is 35.6 Å². The van der Waals surface area contributed by atoms with Gasteiger partial charge in [0.1, 0.15) is 29.4 Å². The third-order valence-corrected chi connectivity index (χ3v) is 18.0. The number of thiazole rings is 1. The van der Waals surface area contributed by atoms with Crippen LogP contribution < -0.4 is 20.4 Å². The molecule has 8 heterocycles. The van der Waals surface area contributed by atoms with Crippen molar-refractivity contribution in [3.05, 3.63) is 81.9 Å². The first kappa shape index (κ1) is 52.6. The Kier molecular flexibility index (Phi) is 15.1. The highest BCUT2D eigenvalue weighted by Gasteiger charge is 2.45. The number of esters is 1. The molecule has 6 aliphatic rings. The molecule has 5 aromatic rings. The summed E-state index contributed by atoms with van der Waals surface area (Å²) in [5.74, 6) is -0.224. The zero-order valence-electron chi connectivity index (χ0n) is 45.8. The van der Waals surface area contributed by atoms with Crippen molar-refractivity contribution in [2.24, 2.45) is 11.3 Å². The Bertz CT molecular complexity index is 2940. The second-order valence-electron chi connectivity index (χ2n) is 23.4. The molecule has 16 nitrogen and oxygen atoms in total. The van der Waals surface area contributed by atoms with E-state index in [1.807, 2.05) is 31.4 Å². The third-order valence-electron chi connectivity index (χ3n) is 17.1. The number of aryl methyl sites for hydroxylation is 1. The predicted molar refractivity (Wildman–Crippen MR) is 297 cm³/mol. The normalized spacial score (nSPS) is 25.8.